The predicted octanol–water partition coefficient (Wildman–Crippen LogP) is 0.686. The van der Waals surface area contributed by atoms with E-state index in [0.29, 0.717) is 10.2 Å². The monoisotopic (exact) mass is 358 g/mol. The van der Waals surface area contributed by atoms with Gasteiger partial charge in [-0.05, 0) is 41.9 Å². The minimum absolute atomic E-state index is 0.192. The predicted molar refractivity (Wildman–Crippen MR) is 82.4 cm³/mol. The SMILES string of the molecule is COC(=O)Cn1ncc(NCCN2CCCC2)c(Br)c1=O. The van der Waals surface area contributed by atoms with Gasteiger partial charge >= 0.3 is 5.97 Å². The first-order valence-electron chi connectivity index (χ1n) is 6.90. The second-order valence-corrected chi connectivity index (χ2v) is 5.68. The molecule has 0 radical (unpaired) electrons. The summed E-state index contributed by atoms with van der Waals surface area (Å²) in [6.07, 6.45) is 4.06. The Kier molecular flexibility index (Phi) is 5.75. The molecule has 21 heavy (non-hydrogen) atoms. The molecule has 0 aromatic carbocycles. The summed E-state index contributed by atoms with van der Waals surface area (Å²) in [6, 6.07) is 0. The normalized spacial score (nSPS) is 15.1. The zero-order chi connectivity index (χ0) is 15.2. The molecule has 0 aliphatic carbocycles. The molecule has 1 aliphatic rings. The summed E-state index contributed by atoms with van der Waals surface area (Å²) in [5.41, 5.74) is 0.284. The molecule has 0 bridgehead atoms. The fourth-order valence-electron chi connectivity index (χ4n) is 2.24. The van der Waals surface area contributed by atoms with Gasteiger partial charge in [0.2, 0.25) is 0 Å². The summed E-state index contributed by atoms with van der Waals surface area (Å²) in [7, 11) is 1.27. The highest BCUT2D eigenvalue weighted by atomic mass is 79.9. The van der Waals surface area contributed by atoms with Crippen molar-refractivity contribution in [2.45, 2.75) is 19.4 Å². The van der Waals surface area contributed by atoms with Crippen molar-refractivity contribution in [1.82, 2.24) is 14.7 Å². The fourth-order valence-corrected chi connectivity index (χ4v) is 2.69. The summed E-state index contributed by atoms with van der Waals surface area (Å²) in [5, 5.41) is 7.17. The van der Waals surface area contributed by atoms with Crippen molar-refractivity contribution in [3.8, 4) is 0 Å². The molecule has 0 unspecified atom stereocenters. The molecule has 1 fully saturated rings. The van der Waals surface area contributed by atoms with E-state index in [2.05, 4.69) is 36.0 Å². The molecule has 0 saturated carbocycles. The van der Waals surface area contributed by atoms with Crippen molar-refractivity contribution >= 4 is 27.6 Å². The average Bonchev–Trinajstić information content (AvgIpc) is 2.99. The number of nitrogens with one attached hydrogen (secondary N) is 1. The number of methoxy groups -OCH3 is 1. The van der Waals surface area contributed by atoms with Crippen LogP contribution in [0.1, 0.15) is 12.8 Å². The number of carbonyl (C=O) groups excluding carboxylic acids is 1. The Morgan fingerprint density at radius 1 is 1.48 bits per heavy atom. The number of ether oxygens (including phenoxy) is 1. The number of anilines is 1. The molecule has 1 N–H and O–H groups in total. The van der Waals surface area contributed by atoms with Crippen LogP contribution in [0.2, 0.25) is 0 Å². The molecule has 7 nitrogen and oxygen atoms in total. The Labute approximate surface area is 131 Å². The van der Waals surface area contributed by atoms with Crippen LogP contribution in [0.4, 0.5) is 5.69 Å². The van der Waals surface area contributed by atoms with E-state index in [0.717, 1.165) is 30.9 Å². The first kappa shape index (κ1) is 16.0. The Morgan fingerprint density at radius 2 is 2.19 bits per heavy atom. The van der Waals surface area contributed by atoms with E-state index >= 15 is 0 Å². The molecule has 0 amide bonds. The quantitative estimate of drug-likeness (QED) is 0.753. The van der Waals surface area contributed by atoms with Crippen LogP contribution in [0.25, 0.3) is 0 Å². The lowest BCUT2D eigenvalue weighted by molar-refractivity contribution is -0.141. The number of halogens is 1. The Bertz CT molecular complexity index is 555. The van der Waals surface area contributed by atoms with Gasteiger partial charge in [-0.25, -0.2) is 4.68 Å². The first-order valence-corrected chi connectivity index (χ1v) is 7.70. The summed E-state index contributed by atoms with van der Waals surface area (Å²) in [5.74, 6) is -0.508. The molecule has 2 heterocycles. The van der Waals surface area contributed by atoms with E-state index < -0.39 is 5.97 Å². The Morgan fingerprint density at radius 3 is 2.86 bits per heavy atom. The van der Waals surface area contributed by atoms with E-state index in [1.165, 1.54) is 20.0 Å². The number of aromatic nitrogens is 2. The molecule has 1 aromatic rings. The van der Waals surface area contributed by atoms with Crippen LogP contribution in [0.3, 0.4) is 0 Å². The van der Waals surface area contributed by atoms with Crippen molar-refractivity contribution < 1.29 is 9.53 Å². The van der Waals surface area contributed by atoms with Gasteiger partial charge < -0.3 is 15.0 Å². The fraction of sp³-hybridized carbons (Fsp3) is 0.615. The standard InChI is InChI=1S/C13H19BrN4O3/c1-21-11(19)9-18-13(20)12(14)10(8-16-18)15-4-7-17-5-2-3-6-17/h8,15H,2-7,9H2,1H3. The van der Waals surface area contributed by atoms with Crippen LogP contribution in [-0.2, 0) is 16.1 Å². The average molecular weight is 359 g/mol. The van der Waals surface area contributed by atoms with Crippen LogP contribution < -0.4 is 10.9 Å². The maximum atomic E-state index is 12.1. The molecule has 0 atom stereocenters. The van der Waals surface area contributed by atoms with Crippen molar-refractivity contribution in [1.29, 1.82) is 0 Å². The number of esters is 1. The number of hydrogen-bond acceptors (Lipinski definition) is 6. The number of nitrogens with zero attached hydrogens (tertiary/aromatic N) is 3. The minimum atomic E-state index is -0.508. The van der Waals surface area contributed by atoms with E-state index in [4.69, 9.17) is 0 Å². The molecule has 1 aromatic heterocycles. The molecule has 8 heteroatoms. The number of hydrogen-bond donors (Lipinski definition) is 1. The third-order valence-corrected chi connectivity index (χ3v) is 4.20. The lowest BCUT2D eigenvalue weighted by Crippen LogP contribution is -2.30. The van der Waals surface area contributed by atoms with E-state index in [-0.39, 0.29) is 12.1 Å². The highest BCUT2D eigenvalue weighted by molar-refractivity contribution is 9.10. The highest BCUT2D eigenvalue weighted by Crippen LogP contribution is 2.16. The molecular weight excluding hydrogens is 340 g/mol. The largest absolute Gasteiger partial charge is 0.468 e. The molecule has 1 saturated heterocycles. The smallest absolute Gasteiger partial charge is 0.327 e. The second-order valence-electron chi connectivity index (χ2n) is 4.89. The van der Waals surface area contributed by atoms with Gasteiger partial charge in [0.25, 0.3) is 5.56 Å². The van der Waals surface area contributed by atoms with Crippen molar-refractivity contribution in [2.24, 2.45) is 0 Å². The van der Waals surface area contributed by atoms with Crippen LogP contribution in [-0.4, -0.2) is 53.9 Å². The van der Waals surface area contributed by atoms with Gasteiger partial charge in [0.1, 0.15) is 11.0 Å². The summed E-state index contributed by atoms with van der Waals surface area (Å²) in [6.45, 7) is 3.78. The maximum absolute atomic E-state index is 12.1. The van der Waals surface area contributed by atoms with Crippen LogP contribution in [0.15, 0.2) is 15.5 Å². The first-order chi connectivity index (χ1) is 10.1. The van der Waals surface area contributed by atoms with E-state index in [9.17, 15) is 9.59 Å². The van der Waals surface area contributed by atoms with Gasteiger partial charge in [-0.3, -0.25) is 9.59 Å². The second kappa shape index (κ2) is 7.56. The Hall–Kier alpha value is -1.41. The molecule has 2 rings (SSSR count). The van der Waals surface area contributed by atoms with Gasteiger partial charge in [0.05, 0.1) is 19.0 Å². The topological polar surface area (TPSA) is 76.5 Å². The van der Waals surface area contributed by atoms with E-state index in [1.807, 2.05) is 0 Å². The molecule has 0 spiro atoms. The van der Waals surface area contributed by atoms with Gasteiger partial charge in [-0.15, -0.1) is 0 Å². The van der Waals surface area contributed by atoms with Gasteiger partial charge in [0, 0.05) is 13.1 Å². The zero-order valence-corrected chi connectivity index (χ0v) is 13.6. The third-order valence-electron chi connectivity index (χ3n) is 3.43. The van der Waals surface area contributed by atoms with Gasteiger partial charge in [0.15, 0.2) is 0 Å². The number of likely N-dealkylation sites (tertiary alicyclic amines) is 1. The van der Waals surface area contributed by atoms with Crippen LogP contribution >= 0.6 is 15.9 Å². The van der Waals surface area contributed by atoms with Crippen molar-refractivity contribution in [3.05, 3.63) is 21.0 Å². The summed E-state index contributed by atoms with van der Waals surface area (Å²) in [4.78, 5) is 25.6. The van der Waals surface area contributed by atoms with Crippen LogP contribution in [0.5, 0.6) is 0 Å². The highest BCUT2D eigenvalue weighted by Gasteiger charge is 2.13. The Balaban J connectivity index is 1.95. The summed E-state index contributed by atoms with van der Waals surface area (Å²) >= 11 is 3.26. The van der Waals surface area contributed by atoms with Gasteiger partial charge in [-0.1, -0.05) is 0 Å². The summed E-state index contributed by atoms with van der Waals surface area (Å²) < 4.78 is 5.97. The molecule has 1 aliphatic heterocycles. The minimum Gasteiger partial charge on any atom is -0.468 e. The molecular formula is C13H19BrN4O3. The van der Waals surface area contributed by atoms with Crippen molar-refractivity contribution in [2.75, 3.05) is 38.6 Å². The molecule has 116 valence electrons. The van der Waals surface area contributed by atoms with Crippen LogP contribution in [0, 0.1) is 0 Å². The van der Waals surface area contributed by atoms with Gasteiger partial charge in [-0.2, -0.15) is 5.10 Å². The number of carbonyl (C=O) groups is 1. The maximum Gasteiger partial charge on any atom is 0.327 e. The van der Waals surface area contributed by atoms with Crippen molar-refractivity contribution in [3.63, 3.8) is 0 Å². The lowest BCUT2D eigenvalue weighted by atomic mass is 10.4. The van der Waals surface area contributed by atoms with E-state index in [1.54, 1.807) is 6.20 Å². The third kappa shape index (κ3) is 4.28. The lowest BCUT2D eigenvalue weighted by Gasteiger charge is -2.16. The zero-order valence-electron chi connectivity index (χ0n) is 12.0. The number of rotatable bonds is 6.